The van der Waals surface area contributed by atoms with Gasteiger partial charge in [-0.15, -0.1) is 0 Å². The molecule has 1 aliphatic heterocycles. The Morgan fingerprint density at radius 1 is 1.27 bits per heavy atom. The summed E-state index contributed by atoms with van der Waals surface area (Å²) in [6.45, 7) is 8.19. The monoisotopic (exact) mass is 307 g/mol. The van der Waals surface area contributed by atoms with Crippen LogP contribution in [0.2, 0.25) is 0 Å². The lowest BCUT2D eigenvalue weighted by Gasteiger charge is -2.32. The highest BCUT2D eigenvalue weighted by Crippen LogP contribution is 2.38. The molecule has 0 bridgehead atoms. The second-order valence-electron chi connectivity index (χ2n) is 6.41. The van der Waals surface area contributed by atoms with Gasteiger partial charge in [0.05, 0.1) is 18.3 Å². The molecule has 1 aliphatic rings. The number of benzene rings is 1. The topological polar surface area (TPSA) is 53.7 Å². The average Bonchev–Trinajstić information content (AvgIpc) is 2.65. The molecule has 0 atom stereocenters. The van der Waals surface area contributed by atoms with Crippen LogP contribution in [0.5, 0.6) is 5.75 Å². The minimum atomic E-state index is -0.528. The first-order chi connectivity index (χ1) is 10.2. The summed E-state index contributed by atoms with van der Waals surface area (Å²) < 4.78 is 30.6. The van der Waals surface area contributed by atoms with Gasteiger partial charge in [0, 0.05) is 6.54 Å². The third-order valence-corrected chi connectivity index (χ3v) is 4.32. The quantitative estimate of drug-likeness (QED) is 0.869. The summed E-state index contributed by atoms with van der Waals surface area (Å²) >= 11 is 0. The summed E-state index contributed by atoms with van der Waals surface area (Å²) in [6.07, 6.45) is 1.80. The summed E-state index contributed by atoms with van der Waals surface area (Å²) in [7, 11) is 0.907. The van der Waals surface area contributed by atoms with Gasteiger partial charge in [0.15, 0.2) is 11.6 Å². The number of ether oxygens (including phenoxy) is 1. The van der Waals surface area contributed by atoms with Crippen LogP contribution in [0.15, 0.2) is 23.7 Å². The molecule has 1 fully saturated rings. The van der Waals surface area contributed by atoms with Gasteiger partial charge >= 0.3 is 7.12 Å². The van der Waals surface area contributed by atoms with Gasteiger partial charge in [-0.25, -0.2) is 4.39 Å². The average molecular weight is 307 g/mol. The molecule has 4 nitrogen and oxygen atoms in total. The molecule has 0 aromatic heterocycles. The van der Waals surface area contributed by atoms with Crippen LogP contribution in [0.25, 0.3) is 6.08 Å². The van der Waals surface area contributed by atoms with E-state index < -0.39 is 24.1 Å². The molecular formula is C16H23BFNO3. The number of halogens is 1. The molecule has 1 aromatic rings. The van der Waals surface area contributed by atoms with Crippen molar-refractivity contribution in [2.75, 3.05) is 13.7 Å². The first kappa shape index (κ1) is 17.0. The van der Waals surface area contributed by atoms with Crippen molar-refractivity contribution in [3.05, 3.63) is 35.1 Å². The summed E-state index contributed by atoms with van der Waals surface area (Å²) in [6, 6.07) is 4.75. The molecule has 1 heterocycles. The number of nitrogens with two attached hydrogens (primary N) is 1. The van der Waals surface area contributed by atoms with Crippen LogP contribution in [0.4, 0.5) is 4.39 Å². The van der Waals surface area contributed by atoms with Crippen LogP contribution >= 0.6 is 0 Å². The molecule has 120 valence electrons. The SMILES string of the molecule is COc1ccc(C=C(CN)B2OC(C)(C)C(C)(C)O2)cc1F. The highest BCUT2D eigenvalue weighted by Gasteiger charge is 2.52. The van der Waals surface area contributed by atoms with E-state index in [0.717, 1.165) is 5.47 Å². The predicted molar refractivity (Wildman–Crippen MR) is 86.1 cm³/mol. The molecule has 1 aromatic carbocycles. The Labute approximate surface area is 131 Å². The molecule has 22 heavy (non-hydrogen) atoms. The predicted octanol–water partition coefficient (Wildman–Crippen LogP) is 2.81. The van der Waals surface area contributed by atoms with Gasteiger partial charge in [0.1, 0.15) is 0 Å². The van der Waals surface area contributed by atoms with E-state index in [9.17, 15) is 4.39 Å². The van der Waals surface area contributed by atoms with Crippen LogP contribution in [-0.2, 0) is 9.31 Å². The lowest BCUT2D eigenvalue weighted by molar-refractivity contribution is 0.00578. The molecule has 0 unspecified atom stereocenters. The van der Waals surface area contributed by atoms with E-state index in [1.807, 2.05) is 27.7 Å². The Morgan fingerprint density at radius 2 is 1.86 bits per heavy atom. The molecule has 6 heteroatoms. The van der Waals surface area contributed by atoms with Gasteiger partial charge in [0.2, 0.25) is 0 Å². The zero-order valence-corrected chi connectivity index (χ0v) is 13.8. The van der Waals surface area contributed by atoms with Gasteiger partial charge in [-0.1, -0.05) is 12.1 Å². The molecule has 2 rings (SSSR count). The van der Waals surface area contributed by atoms with E-state index >= 15 is 0 Å². The lowest BCUT2D eigenvalue weighted by atomic mass is 9.77. The second-order valence-corrected chi connectivity index (χ2v) is 6.41. The van der Waals surface area contributed by atoms with Crippen LogP contribution in [-0.4, -0.2) is 32.0 Å². The smallest absolute Gasteiger partial charge is 0.491 e. The van der Waals surface area contributed by atoms with Gasteiger partial charge in [0.25, 0.3) is 0 Å². The summed E-state index contributed by atoms with van der Waals surface area (Å²) in [5.74, 6) is -0.205. The molecule has 0 spiro atoms. The summed E-state index contributed by atoms with van der Waals surface area (Å²) in [4.78, 5) is 0. The Balaban J connectivity index is 2.27. The lowest BCUT2D eigenvalue weighted by Crippen LogP contribution is -2.41. The first-order valence-corrected chi connectivity index (χ1v) is 7.30. The summed E-state index contributed by atoms with van der Waals surface area (Å²) in [5, 5.41) is 0. The number of rotatable bonds is 4. The van der Waals surface area contributed by atoms with Gasteiger partial charge in [-0.05, 0) is 50.9 Å². The molecule has 1 saturated heterocycles. The van der Waals surface area contributed by atoms with Crippen molar-refractivity contribution in [1.29, 1.82) is 0 Å². The van der Waals surface area contributed by atoms with Crippen molar-refractivity contribution in [3.63, 3.8) is 0 Å². The van der Waals surface area contributed by atoms with Crippen molar-refractivity contribution in [3.8, 4) is 5.75 Å². The highest BCUT2D eigenvalue weighted by molar-refractivity contribution is 6.55. The molecule has 0 saturated carbocycles. The fourth-order valence-corrected chi connectivity index (χ4v) is 2.20. The van der Waals surface area contributed by atoms with E-state index in [2.05, 4.69) is 0 Å². The van der Waals surface area contributed by atoms with E-state index in [-0.39, 0.29) is 12.3 Å². The zero-order valence-electron chi connectivity index (χ0n) is 13.8. The Kier molecular flexibility index (Phi) is 4.66. The van der Waals surface area contributed by atoms with E-state index in [1.165, 1.54) is 13.2 Å². The van der Waals surface area contributed by atoms with Crippen LogP contribution in [0, 0.1) is 5.82 Å². The van der Waals surface area contributed by atoms with Gasteiger partial charge < -0.3 is 19.8 Å². The fourth-order valence-electron chi connectivity index (χ4n) is 2.20. The van der Waals surface area contributed by atoms with Crippen molar-refractivity contribution in [2.45, 2.75) is 38.9 Å². The maximum absolute atomic E-state index is 13.8. The number of hydrogen-bond acceptors (Lipinski definition) is 4. The van der Waals surface area contributed by atoms with Gasteiger partial charge in [-0.3, -0.25) is 0 Å². The van der Waals surface area contributed by atoms with E-state index in [0.29, 0.717) is 5.56 Å². The van der Waals surface area contributed by atoms with Crippen molar-refractivity contribution >= 4 is 13.2 Å². The van der Waals surface area contributed by atoms with E-state index in [4.69, 9.17) is 19.8 Å². The molecule has 0 aliphatic carbocycles. The third-order valence-electron chi connectivity index (χ3n) is 4.32. The van der Waals surface area contributed by atoms with Crippen molar-refractivity contribution in [1.82, 2.24) is 0 Å². The summed E-state index contributed by atoms with van der Waals surface area (Å²) in [5.41, 5.74) is 6.41. The van der Waals surface area contributed by atoms with Crippen molar-refractivity contribution < 1.29 is 18.4 Å². The van der Waals surface area contributed by atoms with Crippen LogP contribution in [0.1, 0.15) is 33.3 Å². The molecule has 0 amide bonds. The maximum Gasteiger partial charge on any atom is 0.491 e. The third kappa shape index (κ3) is 3.19. The van der Waals surface area contributed by atoms with Crippen LogP contribution < -0.4 is 10.5 Å². The van der Waals surface area contributed by atoms with Crippen molar-refractivity contribution in [2.24, 2.45) is 5.73 Å². The molecule has 0 radical (unpaired) electrons. The first-order valence-electron chi connectivity index (χ1n) is 7.30. The Bertz CT molecular complexity index is 571. The zero-order chi connectivity index (χ0) is 16.5. The Hall–Kier alpha value is -1.37. The van der Waals surface area contributed by atoms with Crippen LogP contribution in [0.3, 0.4) is 0 Å². The minimum absolute atomic E-state index is 0.210. The second kappa shape index (κ2) is 6.03. The largest absolute Gasteiger partial charge is 0.494 e. The normalized spacial score (nSPS) is 20.3. The maximum atomic E-state index is 13.8. The standard InChI is InChI=1S/C16H23BFNO3/c1-15(2)16(3,4)22-17(21-15)12(10-19)8-11-6-7-14(20-5)13(18)9-11/h6-9H,10,19H2,1-5H3. The highest BCUT2D eigenvalue weighted by atomic mass is 19.1. The minimum Gasteiger partial charge on any atom is -0.494 e. The molecular weight excluding hydrogens is 284 g/mol. The Morgan fingerprint density at radius 3 is 2.32 bits per heavy atom. The van der Waals surface area contributed by atoms with Gasteiger partial charge in [-0.2, -0.15) is 0 Å². The molecule has 2 N–H and O–H groups in total. The fraction of sp³-hybridized carbons (Fsp3) is 0.500. The number of hydrogen-bond donors (Lipinski definition) is 1. The van der Waals surface area contributed by atoms with E-state index in [1.54, 1.807) is 18.2 Å². The number of methoxy groups -OCH3 is 1.